The normalized spacial score (nSPS) is 13.3. The van der Waals surface area contributed by atoms with Crippen LogP contribution in [0, 0.1) is 0 Å². The molecule has 10 nitrogen and oxygen atoms in total. The average Bonchev–Trinajstić information content (AvgIpc) is 3.55. The lowest BCUT2D eigenvalue weighted by molar-refractivity contribution is 0.146. The van der Waals surface area contributed by atoms with Crippen LogP contribution in [0.3, 0.4) is 0 Å². The first-order chi connectivity index (χ1) is 16.5. The number of hydrogen-bond acceptors (Lipinski definition) is 9. The van der Waals surface area contributed by atoms with Gasteiger partial charge in [0, 0.05) is 24.2 Å². The molecular formula is C24H29N7O3. The molecule has 0 aliphatic carbocycles. The van der Waals surface area contributed by atoms with E-state index >= 15 is 0 Å². The summed E-state index contributed by atoms with van der Waals surface area (Å²) in [4.78, 5) is 13.5. The highest BCUT2D eigenvalue weighted by atomic mass is 16.5. The molecule has 178 valence electrons. The number of hydrogen-bond donors (Lipinski definition) is 3. The van der Waals surface area contributed by atoms with Crippen molar-refractivity contribution in [2.24, 2.45) is 0 Å². The van der Waals surface area contributed by atoms with E-state index in [1.54, 1.807) is 24.7 Å². The van der Waals surface area contributed by atoms with Crippen LogP contribution in [0.25, 0.3) is 22.7 Å². The minimum atomic E-state index is -0.521. The Morgan fingerprint density at radius 1 is 1.06 bits per heavy atom. The average molecular weight is 464 g/mol. The molecule has 0 aliphatic heterocycles. The second-order valence-electron chi connectivity index (χ2n) is 8.49. The van der Waals surface area contributed by atoms with Crippen LogP contribution < -0.4 is 5.73 Å². The minimum Gasteiger partial charge on any atom is -0.394 e. The molecule has 4 N–H and O–H groups in total. The third-order valence-corrected chi connectivity index (χ3v) is 6.08. The number of unbranched alkanes of at least 4 members (excludes halogenated alkanes) is 1. The van der Waals surface area contributed by atoms with E-state index in [1.807, 2.05) is 24.4 Å². The van der Waals surface area contributed by atoms with Crippen LogP contribution in [0.15, 0.2) is 53.6 Å². The third-order valence-electron chi connectivity index (χ3n) is 6.08. The van der Waals surface area contributed by atoms with Crippen molar-refractivity contribution < 1.29 is 14.7 Å². The first-order valence-electron chi connectivity index (χ1n) is 11.3. The van der Waals surface area contributed by atoms with E-state index in [1.165, 1.54) is 4.68 Å². The molecule has 0 saturated heterocycles. The quantitative estimate of drug-likeness (QED) is 0.322. The Kier molecular flexibility index (Phi) is 6.99. The predicted octanol–water partition coefficient (Wildman–Crippen LogP) is 2.99. The number of pyridine rings is 2. The van der Waals surface area contributed by atoms with Crippen LogP contribution in [0.2, 0.25) is 0 Å². The van der Waals surface area contributed by atoms with Crippen molar-refractivity contribution in [2.45, 2.75) is 44.6 Å². The fourth-order valence-electron chi connectivity index (χ4n) is 3.80. The van der Waals surface area contributed by atoms with Gasteiger partial charge in [-0.15, -0.1) is 0 Å². The Labute approximate surface area is 197 Å². The van der Waals surface area contributed by atoms with Crippen LogP contribution >= 0.6 is 0 Å². The summed E-state index contributed by atoms with van der Waals surface area (Å²) in [6.45, 7) is 3.79. The van der Waals surface area contributed by atoms with Crippen LogP contribution in [0.1, 0.15) is 50.5 Å². The molecule has 0 saturated carbocycles. The van der Waals surface area contributed by atoms with Gasteiger partial charge >= 0.3 is 0 Å². The summed E-state index contributed by atoms with van der Waals surface area (Å²) in [6.07, 6.45) is 9.64. The summed E-state index contributed by atoms with van der Waals surface area (Å²) in [5, 5.41) is 27.3. The lowest BCUT2D eigenvalue weighted by atomic mass is 9.78. The molecule has 0 fully saturated rings. The molecule has 4 rings (SSSR count). The molecule has 10 heteroatoms. The largest absolute Gasteiger partial charge is 0.394 e. The summed E-state index contributed by atoms with van der Waals surface area (Å²) < 4.78 is 7.07. The molecule has 4 aromatic rings. The molecule has 0 unspecified atom stereocenters. The number of nitrogens with two attached hydrogens (primary N) is 1. The summed E-state index contributed by atoms with van der Waals surface area (Å²) in [7, 11) is 0. The van der Waals surface area contributed by atoms with Crippen LogP contribution in [0.4, 0.5) is 5.82 Å². The molecule has 4 aromatic heterocycles. The molecule has 4 heterocycles. The van der Waals surface area contributed by atoms with E-state index in [0.717, 1.165) is 36.1 Å². The Balaban J connectivity index is 1.64. The molecule has 34 heavy (non-hydrogen) atoms. The standard InChI is InChI=1S/C24H29N7O3/c1-3-4-9-24(2,18-6-7-20(26-12-18)16-5-8-21(25)27-10-16)23-29-22(34-30-23)17-11-28-31(13-17)19(14-32)15-33/h5-8,10-13,19,32-33H,3-4,9,14-15H2,1-2H3,(H2,25,27)/t24-/m1/s1. The Hall–Kier alpha value is -3.63. The molecule has 0 bridgehead atoms. The van der Waals surface area contributed by atoms with Crippen molar-refractivity contribution in [3.05, 3.63) is 60.4 Å². The summed E-state index contributed by atoms with van der Waals surface area (Å²) in [6, 6.07) is 7.12. The van der Waals surface area contributed by atoms with Gasteiger partial charge in [-0.1, -0.05) is 31.0 Å². The highest BCUT2D eigenvalue weighted by Crippen LogP contribution is 2.36. The second-order valence-corrected chi connectivity index (χ2v) is 8.49. The van der Waals surface area contributed by atoms with Crippen LogP contribution in [0.5, 0.6) is 0 Å². The Bertz CT molecular complexity index is 1200. The minimum absolute atomic E-state index is 0.225. The fourth-order valence-corrected chi connectivity index (χ4v) is 3.80. The van der Waals surface area contributed by atoms with Gasteiger partial charge in [0.15, 0.2) is 5.82 Å². The van der Waals surface area contributed by atoms with Crippen molar-refractivity contribution >= 4 is 5.82 Å². The first kappa shape index (κ1) is 23.5. The third kappa shape index (κ3) is 4.68. The molecule has 1 atom stereocenters. The molecule has 0 aromatic carbocycles. The smallest absolute Gasteiger partial charge is 0.261 e. The van der Waals surface area contributed by atoms with Gasteiger partial charge in [0.2, 0.25) is 0 Å². The monoisotopic (exact) mass is 463 g/mol. The van der Waals surface area contributed by atoms with Gasteiger partial charge in [0.05, 0.1) is 42.1 Å². The van der Waals surface area contributed by atoms with Gasteiger partial charge in [-0.25, -0.2) is 4.98 Å². The van der Waals surface area contributed by atoms with Gasteiger partial charge in [-0.05, 0) is 37.1 Å². The topological polar surface area (TPSA) is 149 Å². The van der Waals surface area contributed by atoms with E-state index in [4.69, 9.17) is 10.3 Å². The highest BCUT2D eigenvalue weighted by molar-refractivity contribution is 5.59. The molecule has 0 radical (unpaired) electrons. The van der Waals surface area contributed by atoms with E-state index in [9.17, 15) is 10.2 Å². The summed E-state index contributed by atoms with van der Waals surface area (Å²) in [5.41, 5.74) is 8.48. The fraction of sp³-hybridized carbons (Fsp3) is 0.375. The number of rotatable bonds is 10. The zero-order valence-corrected chi connectivity index (χ0v) is 19.3. The van der Waals surface area contributed by atoms with Crippen molar-refractivity contribution in [1.29, 1.82) is 0 Å². The van der Waals surface area contributed by atoms with Gasteiger partial charge in [0.25, 0.3) is 5.89 Å². The number of aliphatic hydroxyl groups excluding tert-OH is 2. The SMILES string of the molecule is CCCC[C@](C)(c1ccc(-c2ccc(N)nc2)nc1)c1noc(-c2cnn(C(CO)CO)c2)n1. The van der Waals surface area contributed by atoms with Gasteiger partial charge in [0.1, 0.15) is 5.82 Å². The van der Waals surface area contributed by atoms with Gasteiger partial charge < -0.3 is 20.5 Å². The number of nitrogen functional groups attached to an aromatic ring is 1. The van der Waals surface area contributed by atoms with Gasteiger partial charge in [-0.2, -0.15) is 10.1 Å². The van der Waals surface area contributed by atoms with E-state index in [2.05, 4.69) is 39.1 Å². The maximum atomic E-state index is 9.40. The first-order valence-corrected chi connectivity index (χ1v) is 11.3. The zero-order valence-electron chi connectivity index (χ0n) is 19.3. The Morgan fingerprint density at radius 3 is 2.53 bits per heavy atom. The molecular weight excluding hydrogens is 434 g/mol. The Morgan fingerprint density at radius 2 is 1.88 bits per heavy atom. The van der Waals surface area contributed by atoms with Crippen LogP contribution in [-0.2, 0) is 5.41 Å². The number of anilines is 1. The van der Waals surface area contributed by atoms with Gasteiger partial charge in [-0.3, -0.25) is 9.67 Å². The van der Waals surface area contributed by atoms with Crippen molar-refractivity contribution in [2.75, 3.05) is 18.9 Å². The van der Waals surface area contributed by atoms with Crippen molar-refractivity contribution in [3.63, 3.8) is 0 Å². The number of aliphatic hydroxyl groups is 2. The maximum absolute atomic E-state index is 9.40. The zero-order chi connectivity index (χ0) is 24.1. The highest BCUT2D eigenvalue weighted by Gasteiger charge is 2.34. The summed E-state index contributed by atoms with van der Waals surface area (Å²) in [5.74, 6) is 1.36. The predicted molar refractivity (Wildman–Crippen MR) is 127 cm³/mol. The second kappa shape index (κ2) is 10.1. The van der Waals surface area contributed by atoms with Crippen LogP contribution in [-0.4, -0.2) is 53.3 Å². The molecule has 0 aliphatic rings. The van der Waals surface area contributed by atoms with E-state index in [0.29, 0.717) is 23.1 Å². The van der Waals surface area contributed by atoms with E-state index in [-0.39, 0.29) is 13.2 Å². The number of nitrogens with zero attached hydrogens (tertiary/aromatic N) is 6. The molecule has 0 spiro atoms. The van der Waals surface area contributed by atoms with Crippen molar-refractivity contribution in [3.8, 4) is 22.7 Å². The van der Waals surface area contributed by atoms with E-state index < -0.39 is 11.5 Å². The lowest BCUT2D eigenvalue weighted by Gasteiger charge is -2.26. The molecule has 0 amide bonds. The summed E-state index contributed by atoms with van der Waals surface area (Å²) >= 11 is 0. The maximum Gasteiger partial charge on any atom is 0.261 e. The lowest BCUT2D eigenvalue weighted by Crippen LogP contribution is -2.25. The van der Waals surface area contributed by atoms with Crippen molar-refractivity contribution in [1.82, 2.24) is 29.9 Å². The number of aromatic nitrogens is 6.